The summed E-state index contributed by atoms with van der Waals surface area (Å²) in [4.78, 5) is 40.5. The minimum atomic E-state index is -0.618. The van der Waals surface area contributed by atoms with E-state index in [4.69, 9.17) is 14.2 Å². The molecule has 7 nitrogen and oxygen atoms in total. The van der Waals surface area contributed by atoms with Crippen molar-refractivity contribution in [2.45, 2.75) is 158 Å². The van der Waals surface area contributed by atoms with E-state index in [-0.39, 0.29) is 70.1 Å². The number of carbonyl (C=O) groups excluding carboxylic acids is 3. The van der Waals surface area contributed by atoms with Gasteiger partial charge in [-0.1, -0.05) is 77.1 Å². The Morgan fingerprint density at radius 2 is 1.56 bits per heavy atom. The number of alkyl carbamates (subject to hydrolysis) is 1. The van der Waals surface area contributed by atoms with Gasteiger partial charge in [-0.05, 0) is 167 Å². The summed E-state index contributed by atoms with van der Waals surface area (Å²) in [5.41, 5.74) is 3.04. The van der Waals surface area contributed by atoms with Crippen molar-refractivity contribution in [3.63, 3.8) is 0 Å². The molecule has 7 heteroatoms. The average molecular weight is 756 g/mol. The summed E-state index contributed by atoms with van der Waals surface area (Å²) in [7, 11) is 0. The number of fused-ring (bicyclic) bond motifs is 7. The lowest BCUT2D eigenvalue weighted by Gasteiger charge is -2.72. The molecule has 1 aromatic rings. The number of amides is 1. The minimum absolute atomic E-state index is 0.00341. The lowest BCUT2D eigenvalue weighted by atomic mass is 9.32. The first-order chi connectivity index (χ1) is 25.9. The fourth-order valence-corrected chi connectivity index (χ4v) is 14.1. The molecule has 1 unspecified atom stereocenters. The van der Waals surface area contributed by atoms with Crippen molar-refractivity contribution >= 4 is 18.0 Å². The van der Waals surface area contributed by atoms with Gasteiger partial charge in [0.15, 0.2) is 0 Å². The van der Waals surface area contributed by atoms with Crippen molar-refractivity contribution < 1.29 is 28.6 Å². The highest BCUT2D eigenvalue weighted by Crippen LogP contribution is 2.77. The molecule has 0 radical (unpaired) electrons. The van der Waals surface area contributed by atoms with Crippen molar-refractivity contribution in [3.8, 4) is 0 Å². The first-order valence-corrected chi connectivity index (χ1v) is 21.7. The highest BCUT2D eigenvalue weighted by Gasteiger charge is 2.72. The molecule has 0 aromatic heterocycles. The minimum Gasteiger partial charge on any atom is -0.466 e. The molecule has 0 aliphatic heterocycles. The Morgan fingerprint density at radius 3 is 2.24 bits per heavy atom. The Hall–Kier alpha value is -3.09. The third-order valence-electron chi connectivity index (χ3n) is 16.7. The first-order valence-electron chi connectivity index (χ1n) is 21.7. The Labute approximate surface area is 331 Å². The third kappa shape index (κ3) is 6.69. The number of ether oxygens (including phenoxy) is 3. The lowest BCUT2D eigenvalue weighted by Crippen LogP contribution is -2.67. The number of esters is 2. The topological polar surface area (TPSA) is 90.9 Å². The van der Waals surface area contributed by atoms with Crippen LogP contribution in [-0.2, 0) is 30.4 Å². The normalized spacial score (nSPS) is 39.1. The highest BCUT2D eigenvalue weighted by atomic mass is 16.6. The quantitative estimate of drug-likeness (QED) is 0.220. The molecule has 55 heavy (non-hydrogen) atoms. The number of hydrogen-bond donors (Lipinski definition) is 1. The van der Waals surface area contributed by atoms with E-state index in [9.17, 15) is 14.4 Å². The number of nitrogens with one attached hydrogen (secondary N) is 1. The van der Waals surface area contributed by atoms with Gasteiger partial charge < -0.3 is 19.5 Å². The van der Waals surface area contributed by atoms with Gasteiger partial charge in [0.1, 0.15) is 12.2 Å². The van der Waals surface area contributed by atoms with Gasteiger partial charge in [0.2, 0.25) is 0 Å². The molecule has 1 amide bonds. The number of allylic oxidation sites excluding steroid dienone is 4. The molecule has 302 valence electrons. The molecular weight excluding hydrogens is 687 g/mol. The summed E-state index contributed by atoms with van der Waals surface area (Å²) in [6, 6.07) is 9.85. The summed E-state index contributed by atoms with van der Waals surface area (Å²) < 4.78 is 17.4. The van der Waals surface area contributed by atoms with Crippen molar-refractivity contribution in [2.75, 3.05) is 6.61 Å². The lowest BCUT2D eigenvalue weighted by molar-refractivity contribution is -0.229. The van der Waals surface area contributed by atoms with Crippen molar-refractivity contribution in [2.24, 2.45) is 56.7 Å². The second-order valence-electron chi connectivity index (χ2n) is 20.7. The van der Waals surface area contributed by atoms with Crippen LogP contribution in [0.15, 0.2) is 53.6 Å². The molecule has 7 rings (SSSR count). The molecular formula is C48H69NO6. The van der Waals surface area contributed by atoms with Crippen LogP contribution in [0.3, 0.4) is 0 Å². The van der Waals surface area contributed by atoms with Gasteiger partial charge in [-0.15, -0.1) is 0 Å². The zero-order valence-electron chi connectivity index (χ0n) is 35.4. The zero-order chi connectivity index (χ0) is 39.6. The van der Waals surface area contributed by atoms with Gasteiger partial charge in [-0.3, -0.25) is 9.59 Å². The molecule has 10 atom stereocenters. The average Bonchev–Trinajstić information content (AvgIpc) is 3.49. The summed E-state index contributed by atoms with van der Waals surface area (Å²) in [5, 5.41) is 3.33. The maximum atomic E-state index is 14.5. The Bertz CT molecular complexity index is 1710. The number of benzene rings is 1. The maximum absolute atomic E-state index is 14.5. The van der Waals surface area contributed by atoms with Crippen LogP contribution in [-0.4, -0.2) is 36.3 Å². The fraction of sp³-hybridized carbons (Fsp3) is 0.729. The predicted molar refractivity (Wildman–Crippen MR) is 216 cm³/mol. The first kappa shape index (κ1) is 40.1. The SMILES string of the molecule is CCOC(=O)C1CC=C(C2=CC[C@]3(C)[C@H]4CC[C@@H]5[C@H]6[C@H](NC(=O)OC(C)(C)C)CC[C@]6(C(=O)OCc6ccccc6)CC[C@@]5(C)[C@]4(C)CC[C@H]3C2(C)C)CC1. The van der Waals surface area contributed by atoms with Crippen LogP contribution in [0, 0.1) is 56.7 Å². The maximum Gasteiger partial charge on any atom is 0.407 e. The van der Waals surface area contributed by atoms with E-state index in [2.05, 4.69) is 52.1 Å². The van der Waals surface area contributed by atoms with E-state index >= 15 is 0 Å². The van der Waals surface area contributed by atoms with Crippen LogP contribution in [0.25, 0.3) is 0 Å². The molecule has 4 fully saturated rings. The van der Waals surface area contributed by atoms with E-state index in [1.165, 1.54) is 24.0 Å². The van der Waals surface area contributed by atoms with Gasteiger partial charge in [-0.2, -0.15) is 0 Å². The summed E-state index contributed by atoms with van der Waals surface area (Å²) in [5.74, 6) is 1.25. The van der Waals surface area contributed by atoms with E-state index in [0.29, 0.717) is 18.4 Å². The molecule has 1 aromatic carbocycles. The second kappa shape index (κ2) is 14.4. The van der Waals surface area contributed by atoms with Gasteiger partial charge in [0.05, 0.1) is 17.9 Å². The number of carbonyl (C=O) groups is 3. The summed E-state index contributed by atoms with van der Waals surface area (Å²) in [6.45, 7) is 21.1. The molecule has 4 saturated carbocycles. The predicted octanol–water partition coefficient (Wildman–Crippen LogP) is 10.9. The Kier molecular flexibility index (Phi) is 10.5. The third-order valence-corrected chi connectivity index (χ3v) is 16.7. The van der Waals surface area contributed by atoms with Gasteiger partial charge in [-0.25, -0.2) is 4.79 Å². The number of rotatable bonds is 7. The summed E-state index contributed by atoms with van der Waals surface area (Å²) >= 11 is 0. The molecule has 0 spiro atoms. The molecule has 0 saturated heterocycles. The van der Waals surface area contributed by atoms with Crippen molar-refractivity contribution in [1.29, 1.82) is 0 Å². The van der Waals surface area contributed by atoms with Crippen LogP contribution in [0.4, 0.5) is 4.79 Å². The molecule has 1 N–H and O–H groups in total. The van der Waals surface area contributed by atoms with Gasteiger partial charge in [0, 0.05) is 6.04 Å². The zero-order valence-corrected chi connectivity index (χ0v) is 35.4. The largest absolute Gasteiger partial charge is 0.466 e. The van der Waals surface area contributed by atoms with E-state index in [1.807, 2.05) is 58.0 Å². The van der Waals surface area contributed by atoms with Crippen LogP contribution in [0.5, 0.6) is 0 Å². The molecule has 6 aliphatic carbocycles. The van der Waals surface area contributed by atoms with Gasteiger partial charge >= 0.3 is 18.0 Å². The van der Waals surface area contributed by atoms with Crippen molar-refractivity contribution in [1.82, 2.24) is 5.32 Å². The number of hydrogen-bond acceptors (Lipinski definition) is 6. The van der Waals surface area contributed by atoms with Gasteiger partial charge in [0.25, 0.3) is 0 Å². The van der Waals surface area contributed by atoms with Crippen molar-refractivity contribution in [3.05, 3.63) is 59.2 Å². The van der Waals surface area contributed by atoms with E-state index < -0.39 is 11.0 Å². The molecule has 0 bridgehead atoms. The molecule has 6 aliphatic rings. The van der Waals surface area contributed by atoms with Crippen LogP contribution in [0.2, 0.25) is 0 Å². The summed E-state index contributed by atoms with van der Waals surface area (Å²) in [6.07, 6.45) is 16.1. The van der Waals surface area contributed by atoms with E-state index in [0.717, 1.165) is 69.8 Å². The fourth-order valence-electron chi connectivity index (χ4n) is 14.1. The van der Waals surface area contributed by atoms with Crippen LogP contribution >= 0.6 is 0 Å². The van der Waals surface area contributed by atoms with Crippen LogP contribution in [0.1, 0.15) is 145 Å². The monoisotopic (exact) mass is 756 g/mol. The highest BCUT2D eigenvalue weighted by molar-refractivity contribution is 5.79. The van der Waals surface area contributed by atoms with Crippen LogP contribution < -0.4 is 5.32 Å². The standard InChI is InChI=1S/C48H69NO6/c1-10-53-40(50)33-18-16-32(17-19-33)34-22-25-45(7)37(44(34,5)6)24-26-47(9)38(45)21-20-35-39-36(49-42(52)55-43(2,3)4)23-27-48(39,29-28-46(35,47)8)41(51)54-30-31-14-12-11-13-15-31/h11-16,22,33,35-39H,10,17-21,23-30H2,1-9H3,(H,49,52)/t33?,35-,36-,37+,38-,39+,45+,46-,47-,48+/m1/s1. The van der Waals surface area contributed by atoms with E-state index in [1.54, 1.807) is 0 Å². The Balaban J connectivity index is 1.17. The molecule has 0 heterocycles. The Morgan fingerprint density at radius 1 is 0.818 bits per heavy atom. The smallest absolute Gasteiger partial charge is 0.407 e. The second-order valence-corrected chi connectivity index (χ2v) is 20.7.